The molecule has 25 heavy (non-hydrogen) atoms. The number of anilines is 1. The third-order valence-corrected chi connectivity index (χ3v) is 3.95. The van der Waals surface area contributed by atoms with E-state index >= 15 is 0 Å². The molecule has 0 aliphatic heterocycles. The molecule has 0 saturated heterocycles. The van der Waals surface area contributed by atoms with Crippen molar-refractivity contribution in [1.82, 2.24) is 15.2 Å². The fourth-order valence-electron chi connectivity index (χ4n) is 2.51. The van der Waals surface area contributed by atoms with Gasteiger partial charge in [-0.05, 0) is 30.2 Å². The number of hydrogen-bond acceptors (Lipinski definition) is 5. The Morgan fingerprint density at radius 3 is 2.44 bits per heavy atom. The van der Waals surface area contributed by atoms with Crippen LogP contribution in [-0.4, -0.2) is 22.3 Å². The summed E-state index contributed by atoms with van der Waals surface area (Å²) in [5, 5.41) is 11.3. The van der Waals surface area contributed by atoms with Crippen molar-refractivity contribution in [2.45, 2.75) is 19.4 Å². The van der Waals surface area contributed by atoms with E-state index in [0.29, 0.717) is 18.1 Å². The maximum absolute atomic E-state index is 12.3. The van der Waals surface area contributed by atoms with Gasteiger partial charge < -0.3 is 10.1 Å². The van der Waals surface area contributed by atoms with Crippen LogP contribution in [0.15, 0.2) is 59.4 Å². The van der Waals surface area contributed by atoms with Crippen molar-refractivity contribution in [2.24, 2.45) is 0 Å². The third-order valence-electron chi connectivity index (χ3n) is 3.95. The van der Waals surface area contributed by atoms with Crippen molar-refractivity contribution >= 4 is 5.95 Å². The van der Waals surface area contributed by atoms with Crippen molar-refractivity contribution in [2.75, 3.05) is 12.4 Å². The molecule has 1 heterocycles. The van der Waals surface area contributed by atoms with Crippen LogP contribution in [0.2, 0.25) is 0 Å². The van der Waals surface area contributed by atoms with Gasteiger partial charge in [-0.25, -0.2) is 0 Å². The number of rotatable bonds is 6. The number of nitrogens with zero attached hydrogens (tertiary/aromatic N) is 2. The monoisotopic (exact) mass is 336 g/mol. The van der Waals surface area contributed by atoms with E-state index in [1.165, 1.54) is 0 Å². The number of benzene rings is 2. The molecule has 1 aromatic heterocycles. The van der Waals surface area contributed by atoms with Crippen LogP contribution < -0.4 is 15.6 Å². The van der Waals surface area contributed by atoms with Gasteiger partial charge in [0.2, 0.25) is 5.95 Å². The Hall–Kier alpha value is -3.15. The zero-order valence-electron chi connectivity index (χ0n) is 14.2. The number of hydrogen-bond donors (Lipinski definition) is 2. The van der Waals surface area contributed by atoms with Crippen LogP contribution in [0.4, 0.5) is 5.95 Å². The smallest absolute Gasteiger partial charge is 0.274 e. The molecule has 2 aromatic carbocycles. The van der Waals surface area contributed by atoms with E-state index < -0.39 is 0 Å². The van der Waals surface area contributed by atoms with E-state index in [-0.39, 0.29) is 11.6 Å². The van der Waals surface area contributed by atoms with Crippen LogP contribution in [-0.2, 0) is 6.42 Å². The van der Waals surface area contributed by atoms with Crippen LogP contribution in [0.3, 0.4) is 0 Å². The summed E-state index contributed by atoms with van der Waals surface area (Å²) < 4.78 is 5.13. The second-order valence-electron chi connectivity index (χ2n) is 5.75. The fraction of sp³-hybridized carbons (Fsp3) is 0.211. The minimum atomic E-state index is -0.242. The molecule has 0 aliphatic carbocycles. The minimum Gasteiger partial charge on any atom is -0.497 e. The highest BCUT2D eigenvalue weighted by Crippen LogP contribution is 2.16. The average molecular weight is 336 g/mol. The van der Waals surface area contributed by atoms with Crippen molar-refractivity contribution in [1.29, 1.82) is 0 Å². The first kappa shape index (κ1) is 16.7. The van der Waals surface area contributed by atoms with Crippen LogP contribution in [0.5, 0.6) is 5.75 Å². The van der Waals surface area contributed by atoms with Gasteiger partial charge >= 0.3 is 0 Å². The molecule has 2 N–H and O–H groups in total. The molecule has 0 amide bonds. The first-order chi connectivity index (χ1) is 12.2. The predicted octanol–water partition coefficient (Wildman–Crippen LogP) is 2.94. The lowest BCUT2D eigenvalue weighted by atomic mass is 10.1. The molecule has 0 saturated carbocycles. The summed E-state index contributed by atoms with van der Waals surface area (Å²) in [6, 6.07) is 17.5. The Kier molecular flexibility index (Phi) is 5.09. The van der Waals surface area contributed by atoms with Gasteiger partial charge in [-0.1, -0.05) is 42.5 Å². The largest absolute Gasteiger partial charge is 0.497 e. The third kappa shape index (κ3) is 4.23. The quantitative estimate of drug-likeness (QED) is 0.723. The van der Waals surface area contributed by atoms with E-state index in [1.807, 2.05) is 61.5 Å². The number of ether oxygens (including phenoxy) is 1. The van der Waals surface area contributed by atoms with Crippen LogP contribution in [0.1, 0.15) is 29.8 Å². The number of H-pyrrole nitrogens is 1. The second-order valence-corrected chi connectivity index (χ2v) is 5.75. The van der Waals surface area contributed by atoms with Gasteiger partial charge in [-0.15, -0.1) is 10.2 Å². The number of nitrogens with one attached hydrogen (secondary N) is 2. The van der Waals surface area contributed by atoms with E-state index in [2.05, 4.69) is 20.5 Å². The molecular formula is C19H20N4O2. The molecule has 0 spiro atoms. The molecule has 0 radical (unpaired) electrons. The van der Waals surface area contributed by atoms with Crippen molar-refractivity contribution in [3.63, 3.8) is 0 Å². The lowest BCUT2D eigenvalue weighted by Gasteiger charge is -2.14. The summed E-state index contributed by atoms with van der Waals surface area (Å²) in [6.07, 6.45) is 0.418. The van der Waals surface area contributed by atoms with Crippen LogP contribution in [0.25, 0.3) is 0 Å². The molecule has 0 fully saturated rings. The average Bonchev–Trinajstić information content (AvgIpc) is 2.65. The SMILES string of the molecule is COc1ccc(Cc2nnc(N[C@@H](C)c3ccccc3)[nH]c2=O)cc1. The van der Waals surface area contributed by atoms with Crippen molar-refractivity contribution in [3.05, 3.63) is 81.8 Å². The standard InChI is InChI=1S/C19H20N4O2/c1-13(15-6-4-3-5-7-15)20-19-21-18(24)17(22-23-19)12-14-8-10-16(25-2)11-9-14/h3-11,13H,12H2,1-2H3,(H2,20,21,23,24)/t13-/m0/s1. The molecule has 6 heteroatoms. The minimum absolute atomic E-state index is 0.0126. The number of methoxy groups -OCH3 is 1. The summed E-state index contributed by atoms with van der Waals surface area (Å²) in [6.45, 7) is 2.00. The maximum atomic E-state index is 12.3. The highest BCUT2D eigenvalue weighted by Gasteiger charge is 2.09. The lowest BCUT2D eigenvalue weighted by molar-refractivity contribution is 0.414. The fourth-order valence-corrected chi connectivity index (χ4v) is 2.51. The van der Waals surface area contributed by atoms with Crippen molar-refractivity contribution in [3.8, 4) is 5.75 Å². The summed E-state index contributed by atoms with van der Waals surface area (Å²) in [5.41, 5.74) is 2.21. The first-order valence-electron chi connectivity index (χ1n) is 8.06. The zero-order valence-corrected chi connectivity index (χ0v) is 14.2. The Morgan fingerprint density at radius 1 is 1.08 bits per heavy atom. The molecule has 0 bridgehead atoms. The Morgan fingerprint density at radius 2 is 1.80 bits per heavy atom. The summed E-state index contributed by atoms with van der Waals surface area (Å²) in [7, 11) is 1.62. The van der Waals surface area contributed by atoms with Gasteiger partial charge in [-0.3, -0.25) is 9.78 Å². The van der Waals surface area contributed by atoms with Crippen LogP contribution >= 0.6 is 0 Å². The molecule has 3 rings (SSSR count). The first-order valence-corrected chi connectivity index (χ1v) is 8.06. The lowest BCUT2D eigenvalue weighted by Crippen LogP contribution is -2.21. The highest BCUT2D eigenvalue weighted by atomic mass is 16.5. The van der Waals surface area contributed by atoms with Crippen LogP contribution in [0, 0.1) is 0 Å². The zero-order chi connectivity index (χ0) is 17.6. The Bertz CT molecular complexity index is 876. The molecule has 0 aliphatic rings. The Balaban J connectivity index is 1.71. The number of aromatic nitrogens is 3. The van der Waals surface area contributed by atoms with E-state index in [0.717, 1.165) is 16.9 Å². The van der Waals surface area contributed by atoms with E-state index in [9.17, 15) is 4.79 Å². The molecule has 6 nitrogen and oxygen atoms in total. The Labute approximate surface area is 145 Å². The summed E-state index contributed by atoms with van der Waals surface area (Å²) >= 11 is 0. The number of aromatic amines is 1. The second kappa shape index (κ2) is 7.61. The predicted molar refractivity (Wildman–Crippen MR) is 96.9 cm³/mol. The summed E-state index contributed by atoms with van der Waals surface area (Å²) in [4.78, 5) is 15.0. The van der Waals surface area contributed by atoms with Crippen molar-refractivity contribution < 1.29 is 4.74 Å². The normalized spacial score (nSPS) is 11.8. The molecule has 0 unspecified atom stereocenters. The van der Waals surface area contributed by atoms with Gasteiger partial charge in [0, 0.05) is 6.42 Å². The topological polar surface area (TPSA) is 79.9 Å². The van der Waals surface area contributed by atoms with E-state index in [4.69, 9.17) is 4.74 Å². The molecular weight excluding hydrogens is 316 g/mol. The summed E-state index contributed by atoms with van der Waals surface area (Å²) in [5.74, 6) is 1.14. The van der Waals surface area contributed by atoms with E-state index in [1.54, 1.807) is 7.11 Å². The molecule has 128 valence electrons. The van der Waals surface area contributed by atoms with Gasteiger partial charge in [0.1, 0.15) is 11.4 Å². The van der Waals surface area contributed by atoms with Gasteiger partial charge in [0.15, 0.2) is 0 Å². The van der Waals surface area contributed by atoms with Gasteiger partial charge in [0.05, 0.1) is 13.2 Å². The highest BCUT2D eigenvalue weighted by molar-refractivity contribution is 5.32. The van der Waals surface area contributed by atoms with Gasteiger partial charge in [0.25, 0.3) is 5.56 Å². The van der Waals surface area contributed by atoms with Gasteiger partial charge in [-0.2, -0.15) is 0 Å². The molecule has 1 atom stereocenters. The molecule has 3 aromatic rings. The maximum Gasteiger partial charge on any atom is 0.274 e.